The van der Waals surface area contributed by atoms with Crippen LogP contribution in [0.4, 0.5) is 37.8 Å². The van der Waals surface area contributed by atoms with E-state index < -0.39 is 23.5 Å². The topological polar surface area (TPSA) is 37.8 Å². The van der Waals surface area contributed by atoms with E-state index in [2.05, 4.69) is 15.3 Å². The molecule has 146 valence electrons. The van der Waals surface area contributed by atoms with Gasteiger partial charge in [0.15, 0.2) is 5.82 Å². The van der Waals surface area contributed by atoms with Crippen molar-refractivity contribution in [3.63, 3.8) is 0 Å². The molecule has 0 bridgehead atoms. The Labute approximate surface area is 156 Å². The van der Waals surface area contributed by atoms with Gasteiger partial charge in [-0.1, -0.05) is 12.1 Å². The summed E-state index contributed by atoms with van der Waals surface area (Å²) in [5.74, 6) is 0.308. The van der Waals surface area contributed by atoms with Crippen LogP contribution in [-0.2, 0) is 18.8 Å². The molecule has 0 saturated heterocycles. The average molecular weight is 397 g/mol. The van der Waals surface area contributed by atoms with Crippen molar-refractivity contribution in [2.24, 2.45) is 0 Å². The lowest BCUT2D eigenvalue weighted by Gasteiger charge is -2.12. The minimum absolute atomic E-state index is 0.203. The van der Waals surface area contributed by atoms with Crippen LogP contribution in [0.1, 0.15) is 22.4 Å². The number of benzene rings is 2. The van der Waals surface area contributed by atoms with Crippen molar-refractivity contribution in [1.82, 2.24) is 9.97 Å². The predicted octanol–water partition coefficient (Wildman–Crippen LogP) is 5.85. The highest BCUT2D eigenvalue weighted by atomic mass is 19.4. The Balaban J connectivity index is 1.78. The Hall–Kier alpha value is -3.10. The number of hydrogen-bond donors (Lipinski definition) is 1. The van der Waals surface area contributed by atoms with E-state index in [1.807, 2.05) is 0 Å². The Morgan fingerprint density at radius 2 is 1.18 bits per heavy atom. The molecular formula is C19H13F6N3. The van der Waals surface area contributed by atoms with Gasteiger partial charge >= 0.3 is 12.4 Å². The van der Waals surface area contributed by atoms with Crippen molar-refractivity contribution in [2.45, 2.75) is 18.8 Å². The molecule has 0 aliphatic heterocycles. The molecule has 0 spiro atoms. The van der Waals surface area contributed by atoms with Crippen molar-refractivity contribution >= 4 is 11.5 Å². The van der Waals surface area contributed by atoms with Gasteiger partial charge < -0.3 is 5.32 Å². The first-order valence-corrected chi connectivity index (χ1v) is 8.03. The van der Waals surface area contributed by atoms with Gasteiger partial charge in [-0.3, -0.25) is 4.98 Å². The monoisotopic (exact) mass is 397 g/mol. The fourth-order valence-electron chi connectivity index (χ4n) is 2.48. The van der Waals surface area contributed by atoms with E-state index in [4.69, 9.17) is 0 Å². The first kappa shape index (κ1) is 19.7. The Bertz CT molecular complexity index is 853. The van der Waals surface area contributed by atoms with Gasteiger partial charge in [0.25, 0.3) is 0 Å². The molecule has 3 nitrogen and oxygen atoms in total. The van der Waals surface area contributed by atoms with Crippen LogP contribution in [0.15, 0.2) is 60.9 Å². The van der Waals surface area contributed by atoms with Crippen molar-refractivity contribution in [3.8, 4) is 0 Å². The molecule has 3 rings (SSSR count). The number of anilines is 2. The molecule has 0 fully saturated rings. The molecule has 0 amide bonds. The molecule has 1 aromatic heterocycles. The Morgan fingerprint density at radius 3 is 1.71 bits per heavy atom. The van der Waals surface area contributed by atoms with Crippen molar-refractivity contribution < 1.29 is 26.3 Å². The SMILES string of the molecule is FC(F)(F)c1ccc(Cc2nccnc2Nc2ccc(C(F)(F)F)cc2)cc1. The zero-order valence-corrected chi connectivity index (χ0v) is 14.1. The molecule has 0 aliphatic rings. The van der Waals surface area contributed by atoms with E-state index in [9.17, 15) is 26.3 Å². The van der Waals surface area contributed by atoms with E-state index >= 15 is 0 Å². The summed E-state index contributed by atoms with van der Waals surface area (Å²) < 4.78 is 75.9. The van der Waals surface area contributed by atoms with E-state index in [1.165, 1.54) is 36.7 Å². The number of rotatable bonds is 4. The van der Waals surface area contributed by atoms with Crippen LogP contribution >= 0.6 is 0 Å². The standard InChI is InChI=1S/C19H13F6N3/c20-18(21,22)13-3-1-12(2-4-13)11-16-17(27-10-9-26-16)28-15-7-5-14(6-8-15)19(23,24)25/h1-10H,11H2,(H,27,28). The molecule has 0 radical (unpaired) electrons. The second-order valence-corrected chi connectivity index (χ2v) is 5.92. The quantitative estimate of drug-likeness (QED) is 0.562. The van der Waals surface area contributed by atoms with E-state index in [0.717, 1.165) is 24.3 Å². The van der Waals surface area contributed by atoms with Crippen LogP contribution in [0.25, 0.3) is 0 Å². The number of alkyl halides is 6. The van der Waals surface area contributed by atoms with Gasteiger partial charge in [0.2, 0.25) is 0 Å². The molecule has 9 heteroatoms. The first-order valence-electron chi connectivity index (χ1n) is 8.03. The molecule has 1 N–H and O–H groups in total. The van der Waals surface area contributed by atoms with Crippen LogP contribution in [0, 0.1) is 0 Å². The lowest BCUT2D eigenvalue weighted by Crippen LogP contribution is -2.06. The maximum absolute atomic E-state index is 12.7. The van der Waals surface area contributed by atoms with Gasteiger partial charge in [-0.15, -0.1) is 0 Å². The lowest BCUT2D eigenvalue weighted by atomic mass is 10.1. The normalized spacial score (nSPS) is 12.1. The van der Waals surface area contributed by atoms with Gasteiger partial charge in [0, 0.05) is 24.5 Å². The molecular weight excluding hydrogens is 384 g/mol. The minimum atomic E-state index is -4.43. The summed E-state index contributed by atoms with van der Waals surface area (Å²) in [4.78, 5) is 8.29. The summed E-state index contributed by atoms with van der Waals surface area (Å²) in [7, 11) is 0. The van der Waals surface area contributed by atoms with E-state index in [0.29, 0.717) is 22.8 Å². The molecule has 3 aromatic rings. The summed E-state index contributed by atoms with van der Waals surface area (Å²) in [5.41, 5.74) is -0.117. The van der Waals surface area contributed by atoms with Crippen molar-refractivity contribution in [2.75, 3.05) is 5.32 Å². The number of halogens is 6. The highest BCUT2D eigenvalue weighted by Crippen LogP contribution is 2.31. The third-order valence-electron chi connectivity index (χ3n) is 3.90. The highest BCUT2D eigenvalue weighted by Gasteiger charge is 2.30. The molecule has 1 heterocycles. The smallest absolute Gasteiger partial charge is 0.339 e. The van der Waals surface area contributed by atoms with Gasteiger partial charge in [-0.05, 0) is 42.0 Å². The van der Waals surface area contributed by atoms with E-state index in [-0.39, 0.29) is 6.42 Å². The van der Waals surface area contributed by atoms with Gasteiger partial charge in [0.1, 0.15) is 0 Å². The molecule has 0 atom stereocenters. The van der Waals surface area contributed by atoms with Gasteiger partial charge in [-0.2, -0.15) is 26.3 Å². The molecule has 0 unspecified atom stereocenters. The Kier molecular flexibility index (Phi) is 5.26. The zero-order valence-electron chi connectivity index (χ0n) is 14.1. The molecule has 28 heavy (non-hydrogen) atoms. The summed E-state index contributed by atoms with van der Waals surface area (Å²) in [6, 6.07) is 9.06. The van der Waals surface area contributed by atoms with Gasteiger partial charge in [0.05, 0.1) is 16.8 Å². The lowest BCUT2D eigenvalue weighted by molar-refractivity contribution is -0.138. The average Bonchev–Trinajstić information content (AvgIpc) is 2.63. The minimum Gasteiger partial charge on any atom is -0.339 e. The third kappa shape index (κ3) is 4.79. The van der Waals surface area contributed by atoms with Crippen LogP contribution in [0.2, 0.25) is 0 Å². The fourth-order valence-corrected chi connectivity index (χ4v) is 2.48. The summed E-state index contributed by atoms with van der Waals surface area (Å²) >= 11 is 0. The second kappa shape index (κ2) is 7.49. The number of nitrogens with one attached hydrogen (secondary N) is 1. The molecule has 0 saturated carbocycles. The number of aromatic nitrogens is 2. The van der Waals surface area contributed by atoms with Crippen LogP contribution in [-0.4, -0.2) is 9.97 Å². The molecule has 2 aromatic carbocycles. The maximum atomic E-state index is 12.7. The van der Waals surface area contributed by atoms with E-state index in [1.54, 1.807) is 0 Å². The molecule has 0 aliphatic carbocycles. The highest BCUT2D eigenvalue weighted by molar-refractivity contribution is 5.58. The van der Waals surface area contributed by atoms with Crippen LogP contribution in [0.5, 0.6) is 0 Å². The number of hydrogen-bond acceptors (Lipinski definition) is 3. The predicted molar refractivity (Wildman–Crippen MR) is 91.0 cm³/mol. The van der Waals surface area contributed by atoms with Crippen molar-refractivity contribution in [3.05, 3.63) is 83.3 Å². The maximum Gasteiger partial charge on any atom is 0.416 e. The zero-order chi connectivity index (χ0) is 20.4. The third-order valence-corrected chi connectivity index (χ3v) is 3.90. The second-order valence-electron chi connectivity index (χ2n) is 5.92. The van der Waals surface area contributed by atoms with Crippen LogP contribution in [0.3, 0.4) is 0 Å². The van der Waals surface area contributed by atoms with Gasteiger partial charge in [-0.25, -0.2) is 4.98 Å². The summed E-state index contributed by atoms with van der Waals surface area (Å²) in [6.07, 6.45) is -5.81. The number of nitrogens with zero attached hydrogens (tertiary/aromatic N) is 2. The summed E-state index contributed by atoms with van der Waals surface area (Å²) in [5, 5.41) is 2.89. The fraction of sp³-hybridized carbons (Fsp3) is 0.158. The first-order chi connectivity index (χ1) is 13.1. The Morgan fingerprint density at radius 1 is 0.679 bits per heavy atom. The largest absolute Gasteiger partial charge is 0.416 e. The van der Waals surface area contributed by atoms with Crippen LogP contribution < -0.4 is 5.32 Å². The summed E-state index contributed by atoms with van der Waals surface area (Å²) in [6.45, 7) is 0. The van der Waals surface area contributed by atoms with Crippen molar-refractivity contribution in [1.29, 1.82) is 0 Å².